The van der Waals surface area contributed by atoms with Crippen LogP contribution in [0.25, 0.3) is 0 Å². The molecule has 30 heavy (non-hydrogen) atoms. The summed E-state index contributed by atoms with van der Waals surface area (Å²) in [6.45, 7) is 12.8. The molecular formula is C27H44O3. The van der Waals surface area contributed by atoms with Crippen molar-refractivity contribution in [2.24, 2.45) is 23.2 Å². The molecule has 6 atom stereocenters. The van der Waals surface area contributed by atoms with E-state index in [1.165, 1.54) is 38.5 Å². The van der Waals surface area contributed by atoms with Gasteiger partial charge < -0.3 is 15.3 Å². The smallest absolute Gasteiger partial charge is 0.0811 e. The SMILES string of the molecule is C=C1/C(=C\C=C2\CCCC3(C)C2CCC3C(C)CCCC(C)(C)O)CC(O)CC1O. The van der Waals surface area contributed by atoms with Crippen LogP contribution in [0.2, 0.25) is 0 Å². The van der Waals surface area contributed by atoms with Crippen molar-refractivity contribution in [3.8, 4) is 0 Å². The molecule has 3 rings (SSSR count). The molecule has 0 radical (unpaired) electrons. The fraction of sp³-hybridized carbons (Fsp3) is 0.778. The minimum Gasteiger partial charge on any atom is -0.393 e. The highest BCUT2D eigenvalue weighted by molar-refractivity contribution is 5.38. The average molecular weight is 417 g/mol. The first kappa shape index (κ1) is 23.8. The molecule has 3 nitrogen and oxygen atoms in total. The fourth-order valence-corrected chi connectivity index (χ4v) is 6.74. The lowest BCUT2D eigenvalue weighted by Gasteiger charge is -2.44. The Hall–Kier alpha value is -0.900. The monoisotopic (exact) mass is 416 g/mol. The zero-order valence-electron chi connectivity index (χ0n) is 19.7. The zero-order valence-corrected chi connectivity index (χ0v) is 19.7. The van der Waals surface area contributed by atoms with Crippen LogP contribution in [0.1, 0.15) is 91.9 Å². The third kappa shape index (κ3) is 5.29. The van der Waals surface area contributed by atoms with Crippen LogP contribution >= 0.6 is 0 Å². The van der Waals surface area contributed by atoms with Crippen LogP contribution in [0.15, 0.2) is 35.5 Å². The molecule has 0 aromatic heterocycles. The second-order valence-corrected chi connectivity index (χ2v) is 11.3. The minimum absolute atomic E-state index is 0.374. The Labute approximate surface area is 184 Å². The van der Waals surface area contributed by atoms with Gasteiger partial charge in [0.1, 0.15) is 0 Å². The minimum atomic E-state index is -0.615. The second-order valence-electron chi connectivity index (χ2n) is 11.3. The molecule has 3 aliphatic carbocycles. The van der Waals surface area contributed by atoms with Gasteiger partial charge in [0, 0.05) is 6.42 Å². The molecule has 3 aliphatic rings. The van der Waals surface area contributed by atoms with Gasteiger partial charge in [0.15, 0.2) is 0 Å². The fourth-order valence-electron chi connectivity index (χ4n) is 6.74. The van der Waals surface area contributed by atoms with Crippen LogP contribution in [-0.4, -0.2) is 33.1 Å². The first-order valence-electron chi connectivity index (χ1n) is 12.2. The van der Waals surface area contributed by atoms with Gasteiger partial charge in [-0.1, -0.05) is 51.0 Å². The lowest BCUT2D eigenvalue weighted by Crippen LogP contribution is -2.36. The average Bonchev–Trinajstić information content (AvgIpc) is 3.00. The van der Waals surface area contributed by atoms with E-state index in [2.05, 4.69) is 32.6 Å². The van der Waals surface area contributed by atoms with E-state index in [4.69, 9.17) is 0 Å². The van der Waals surface area contributed by atoms with Crippen molar-refractivity contribution in [2.45, 2.75) is 110 Å². The molecule has 0 aromatic rings. The summed E-state index contributed by atoms with van der Waals surface area (Å²) in [5, 5.41) is 30.2. The van der Waals surface area contributed by atoms with Crippen molar-refractivity contribution >= 4 is 0 Å². The predicted octanol–water partition coefficient (Wildman–Crippen LogP) is 5.70. The van der Waals surface area contributed by atoms with Crippen molar-refractivity contribution in [1.82, 2.24) is 0 Å². The van der Waals surface area contributed by atoms with E-state index >= 15 is 0 Å². The highest BCUT2D eigenvalue weighted by Crippen LogP contribution is 2.60. The van der Waals surface area contributed by atoms with Crippen LogP contribution in [0.4, 0.5) is 0 Å². The van der Waals surface area contributed by atoms with Gasteiger partial charge in [0.05, 0.1) is 17.8 Å². The lowest BCUT2D eigenvalue weighted by atomic mass is 9.60. The predicted molar refractivity (Wildman–Crippen MR) is 124 cm³/mol. The maximum absolute atomic E-state index is 10.1. The van der Waals surface area contributed by atoms with Gasteiger partial charge in [-0.2, -0.15) is 0 Å². The number of hydrogen-bond donors (Lipinski definition) is 3. The summed E-state index contributed by atoms with van der Waals surface area (Å²) >= 11 is 0. The second kappa shape index (κ2) is 9.30. The number of allylic oxidation sites excluding steroid dienone is 3. The Bertz CT molecular complexity index is 683. The van der Waals surface area contributed by atoms with Crippen LogP contribution < -0.4 is 0 Å². The number of aliphatic hydroxyl groups is 3. The van der Waals surface area contributed by atoms with Crippen LogP contribution in [0.3, 0.4) is 0 Å². The van der Waals surface area contributed by atoms with Gasteiger partial charge in [-0.25, -0.2) is 0 Å². The molecule has 6 unspecified atom stereocenters. The number of fused-ring (bicyclic) bond motifs is 1. The molecule has 0 saturated heterocycles. The molecule has 0 heterocycles. The third-order valence-corrected chi connectivity index (χ3v) is 8.44. The largest absolute Gasteiger partial charge is 0.393 e. The maximum atomic E-state index is 10.1. The number of rotatable bonds is 6. The quantitative estimate of drug-likeness (QED) is 0.520. The zero-order chi connectivity index (χ0) is 22.1. The third-order valence-electron chi connectivity index (χ3n) is 8.44. The molecular weight excluding hydrogens is 372 g/mol. The molecule has 3 saturated carbocycles. The molecule has 3 heteroatoms. The Morgan fingerprint density at radius 2 is 1.97 bits per heavy atom. The molecule has 0 aromatic carbocycles. The van der Waals surface area contributed by atoms with Gasteiger partial charge in [-0.05, 0) is 93.1 Å². The summed E-state index contributed by atoms with van der Waals surface area (Å²) in [5.41, 5.74) is 3.17. The van der Waals surface area contributed by atoms with Gasteiger partial charge in [-0.15, -0.1) is 0 Å². The molecule has 170 valence electrons. The van der Waals surface area contributed by atoms with E-state index in [0.717, 1.165) is 29.9 Å². The molecule has 0 amide bonds. The number of hydrogen-bond acceptors (Lipinski definition) is 3. The van der Waals surface area contributed by atoms with Crippen molar-refractivity contribution in [2.75, 3.05) is 0 Å². The standard InChI is InChI=1S/C27H44O3/c1-18(8-6-14-26(3,4)30)23-12-13-24-20(9-7-15-27(23,24)5)10-11-21-16-22(28)17-25(29)19(21)2/h10-11,18,22-25,28-30H,2,6-9,12-17H2,1,3-5H3/b20-10-,21-11-. The van der Waals surface area contributed by atoms with E-state index in [1.807, 2.05) is 13.8 Å². The van der Waals surface area contributed by atoms with E-state index in [0.29, 0.717) is 30.1 Å². The Morgan fingerprint density at radius 3 is 2.67 bits per heavy atom. The highest BCUT2D eigenvalue weighted by Gasteiger charge is 2.50. The maximum Gasteiger partial charge on any atom is 0.0811 e. The van der Waals surface area contributed by atoms with Crippen molar-refractivity contribution in [1.29, 1.82) is 0 Å². The van der Waals surface area contributed by atoms with Crippen molar-refractivity contribution < 1.29 is 15.3 Å². The van der Waals surface area contributed by atoms with E-state index in [1.54, 1.807) is 5.57 Å². The van der Waals surface area contributed by atoms with Crippen LogP contribution in [-0.2, 0) is 0 Å². The molecule has 3 fully saturated rings. The highest BCUT2D eigenvalue weighted by atomic mass is 16.3. The summed E-state index contributed by atoms with van der Waals surface area (Å²) in [6, 6.07) is 0. The first-order valence-corrected chi connectivity index (χ1v) is 12.2. The summed E-state index contributed by atoms with van der Waals surface area (Å²) in [5.74, 6) is 2.11. The summed E-state index contributed by atoms with van der Waals surface area (Å²) in [6.07, 6.45) is 13.9. The van der Waals surface area contributed by atoms with Gasteiger partial charge in [-0.3, -0.25) is 0 Å². The van der Waals surface area contributed by atoms with Crippen molar-refractivity contribution in [3.05, 3.63) is 35.5 Å². The first-order chi connectivity index (χ1) is 14.0. The number of aliphatic hydroxyl groups excluding tert-OH is 2. The summed E-state index contributed by atoms with van der Waals surface area (Å²) in [7, 11) is 0. The Morgan fingerprint density at radius 1 is 1.23 bits per heavy atom. The molecule has 0 aliphatic heterocycles. The molecule has 0 bridgehead atoms. The van der Waals surface area contributed by atoms with E-state index in [-0.39, 0.29) is 0 Å². The van der Waals surface area contributed by atoms with E-state index < -0.39 is 17.8 Å². The van der Waals surface area contributed by atoms with Gasteiger partial charge in [0.2, 0.25) is 0 Å². The van der Waals surface area contributed by atoms with E-state index in [9.17, 15) is 15.3 Å². The molecule has 0 spiro atoms. The van der Waals surface area contributed by atoms with Crippen LogP contribution in [0, 0.1) is 23.2 Å². The van der Waals surface area contributed by atoms with Crippen LogP contribution in [0.5, 0.6) is 0 Å². The van der Waals surface area contributed by atoms with Gasteiger partial charge in [0.25, 0.3) is 0 Å². The van der Waals surface area contributed by atoms with Gasteiger partial charge >= 0.3 is 0 Å². The topological polar surface area (TPSA) is 60.7 Å². The summed E-state index contributed by atoms with van der Waals surface area (Å²) in [4.78, 5) is 0. The lowest BCUT2D eigenvalue weighted by molar-refractivity contribution is 0.0596. The Kier molecular flexibility index (Phi) is 7.37. The normalized spacial score (nSPS) is 38.8. The van der Waals surface area contributed by atoms with Crippen molar-refractivity contribution in [3.63, 3.8) is 0 Å². The summed E-state index contributed by atoms with van der Waals surface area (Å²) < 4.78 is 0. The Balaban J connectivity index is 1.70. The molecule has 3 N–H and O–H groups in total.